The maximum Gasteiger partial charge on any atom is 0.344 e. The number of benzene rings is 2. The molecule has 2 aromatic carbocycles. The molecule has 0 unspecified atom stereocenters. The fraction of sp³-hybridized carbons (Fsp3) is 0.111. The van der Waals surface area contributed by atoms with E-state index in [1.807, 2.05) is 0 Å². The third-order valence-corrected chi connectivity index (χ3v) is 3.70. The first-order valence-corrected chi connectivity index (χ1v) is 7.69. The Morgan fingerprint density at radius 1 is 1.16 bits per heavy atom. The Hall–Kier alpha value is -2.99. The average molecular weight is 361 g/mol. The molecule has 0 saturated carbocycles. The number of carbonyl (C=O) groups excluding carboxylic acids is 1. The van der Waals surface area contributed by atoms with Gasteiger partial charge in [-0.3, -0.25) is 0 Å². The lowest BCUT2D eigenvalue weighted by Gasteiger charge is -2.09. The molecule has 0 fully saturated rings. The van der Waals surface area contributed by atoms with Crippen molar-refractivity contribution in [3.63, 3.8) is 0 Å². The maximum atomic E-state index is 11.8. The van der Waals surface area contributed by atoms with Gasteiger partial charge in [0.1, 0.15) is 23.7 Å². The molecule has 0 radical (unpaired) electrons. The van der Waals surface area contributed by atoms with Gasteiger partial charge in [0.2, 0.25) is 0 Å². The zero-order valence-corrected chi connectivity index (χ0v) is 13.7. The highest BCUT2D eigenvalue weighted by atomic mass is 35.5. The van der Waals surface area contributed by atoms with Gasteiger partial charge in [-0.25, -0.2) is 9.59 Å². The zero-order chi connectivity index (χ0) is 17.8. The van der Waals surface area contributed by atoms with Crippen molar-refractivity contribution in [2.45, 2.75) is 6.61 Å². The molecule has 0 aliphatic heterocycles. The van der Waals surface area contributed by atoms with E-state index in [2.05, 4.69) is 0 Å². The number of rotatable bonds is 5. The number of phenols is 1. The van der Waals surface area contributed by atoms with Crippen LogP contribution in [0, 0.1) is 0 Å². The standard InChI is InChI=1S/C18H13ClO6/c19-14-3-1-2-4-15(14)23-10-18(22)24-9-11-7-17(21)25-16-8-12(20)5-6-13(11)16/h1-8,20H,9-10H2. The molecular formula is C18H13ClO6. The number of ether oxygens (including phenoxy) is 2. The van der Waals surface area contributed by atoms with Crippen LogP contribution < -0.4 is 10.4 Å². The Kier molecular flexibility index (Phi) is 4.90. The van der Waals surface area contributed by atoms with Crippen LogP contribution in [0.5, 0.6) is 11.5 Å². The van der Waals surface area contributed by atoms with E-state index in [0.29, 0.717) is 21.7 Å². The maximum absolute atomic E-state index is 11.8. The number of phenolic OH excluding ortho intramolecular Hbond substituents is 1. The Morgan fingerprint density at radius 3 is 2.76 bits per heavy atom. The van der Waals surface area contributed by atoms with Crippen LogP contribution in [0.3, 0.4) is 0 Å². The summed E-state index contributed by atoms with van der Waals surface area (Å²) in [6.07, 6.45) is 0. The molecule has 0 amide bonds. The normalized spacial score (nSPS) is 10.6. The first-order valence-electron chi connectivity index (χ1n) is 7.31. The number of carbonyl (C=O) groups is 1. The van der Waals surface area contributed by atoms with Gasteiger partial charge < -0.3 is 19.0 Å². The number of hydrogen-bond acceptors (Lipinski definition) is 6. The second-order valence-electron chi connectivity index (χ2n) is 5.15. The number of hydrogen-bond donors (Lipinski definition) is 1. The van der Waals surface area contributed by atoms with Crippen LogP contribution in [0.25, 0.3) is 11.0 Å². The summed E-state index contributed by atoms with van der Waals surface area (Å²) in [5.41, 5.74) is 0.0830. The van der Waals surface area contributed by atoms with Crippen molar-refractivity contribution in [2.75, 3.05) is 6.61 Å². The van der Waals surface area contributed by atoms with Crippen LogP contribution in [0.15, 0.2) is 57.7 Å². The molecule has 1 heterocycles. The third-order valence-electron chi connectivity index (χ3n) is 3.38. The topological polar surface area (TPSA) is 86.0 Å². The molecule has 3 aromatic rings. The third kappa shape index (κ3) is 4.10. The van der Waals surface area contributed by atoms with E-state index in [0.717, 1.165) is 0 Å². The fourth-order valence-electron chi connectivity index (χ4n) is 2.24. The number of para-hydroxylation sites is 1. The Morgan fingerprint density at radius 2 is 1.96 bits per heavy atom. The van der Waals surface area contributed by atoms with E-state index in [1.54, 1.807) is 30.3 Å². The van der Waals surface area contributed by atoms with E-state index in [-0.39, 0.29) is 24.5 Å². The minimum Gasteiger partial charge on any atom is -0.508 e. The highest BCUT2D eigenvalue weighted by Gasteiger charge is 2.11. The van der Waals surface area contributed by atoms with Crippen LogP contribution in [0.2, 0.25) is 5.02 Å². The molecule has 7 heteroatoms. The Bertz CT molecular complexity index is 979. The van der Waals surface area contributed by atoms with Gasteiger partial charge in [0, 0.05) is 23.1 Å². The van der Waals surface area contributed by atoms with Gasteiger partial charge in [0.05, 0.1) is 5.02 Å². The molecule has 0 spiro atoms. The number of esters is 1. The Labute approximate surface area is 147 Å². The Balaban J connectivity index is 1.67. The summed E-state index contributed by atoms with van der Waals surface area (Å²) in [5.74, 6) is -0.263. The smallest absolute Gasteiger partial charge is 0.344 e. The molecular weight excluding hydrogens is 348 g/mol. The van der Waals surface area contributed by atoms with Gasteiger partial charge in [-0.15, -0.1) is 0 Å². The van der Waals surface area contributed by atoms with Crippen molar-refractivity contribution in [2.24, 2.45) is 0 Å². The van der Waals surface area contributed by atoms with Crippen LogP contribution in [-0.4, -0.2) is 17.7 Å². The molecule has 1 N–H and O–H groups in total. The van der Waals surface area contributed by atoms with Crippen molar-refractivity contribution in [3.05, 3.63) is 69.5 Å². The van der Waals surface area contributed by atoms with E-state index in [9.17, 15) is 14.7 Å². The predicted molar refractivity (Wildman–Crippen MR) is 90.9 cm³/mol. The lowest BCUT2D eigenvalue weighted by Crippen LogP contribution is -2.15. The van der Waals surface area contributed by atoms with Gasteiger partial charge in [-0.1, -0.05) is 23.7 Å². The van der Waals surface area contributed by atoms with Gasteiger partial charge in [0.15, 0.2) is 6.61 Å². The first-order chi connectivity index (χ1) is 12.0. The second-order valence-corrected chi connectivity index (χ2v) is 5.56. The molecule has 25 heavy (non-hydrogen) atoms. The van der Waals surface area contributed by atoms with Gasteiger partial charge in [-0.05, 0) is 24.3 Å². The van der Waals surface area contributed by atoms with E-state index in [4.69, 9.17) is 25.5 Å². The molecule has 0 atom stereocenters. The minimum absolute atomic E-state index is 0.0297. The summed E-state index contributed by atoms with van der Waals surface area (Å²) in [7, 11) is 0. The number of fused-ring (bicyclic) bond motifs is 1. The lowest BCUT2D eigenvalue weighted by molar-refractivity contribution is -0.147. The molecule has 6 nitrogen and oxygen atoms in total. The van der Waals surface area contributed by atoms with Gasteiger partial charge in [-0.2, -0.15) is 0 Å². The van der Waals surface area contributed by atoms with Crippen molar-refractivity contribution in [1.29, 1.82) is 0 Å². The molecule has 0 aliphatic carbocycles. The van der Waals surface area contributed by atoms with Crippen molar-refractivity contribution < 1.29 is 23.8 Å². The molecule has 3 rings (SSSR count). The zero-order valence-electron chi connectivity index (χ0n) is 12.9. The highest BCUT2D eigenvalue weighted by Crippen LogP contribution is 2.24. The van der Waals surface area contributed by atoms with Crippen molar-refractivity contribution in [1.82, 2.24) is 0 Å². The lowest BCUT2D eigenvalue weighted by atomic mass is 10.1. The second kappa shape index (κ2) is 7.27. The van der Waals surface area contributed by atoms with Crippen LogP contribution >= 0.6 is 11.6 Å². The number of halogens is 1. The monoisotopic (exact) mass is 360 g/mol. The van der Waals surface area contributed by atoms with E-state index in [1.165, 1.54) is 18.2 Å². The SMILES string of the molecule is O=C(COc1ccccc1Cl)OCc1cc(=O)oc2cc(O)ccc12. The van der Waals surface area contributed by atoms with Crippen LogP contribution in [0.4, 0.5) is 0 Å². The van der Waals surface area contributed by atoms with Crippen LogP contribution in [0.1, 0.15) is 5.56 Å². The van der Waals surface area contributed by atoms with E-state index >= 15 is 0 Å². The summed E-state index contributed by atoms with van der Waals surface area (Å²) < 4.78 is 15.4. The molecule has 0 saturated heterocycles. The summed E-state index contributed by atoms with van der Waals surface area (Å²) >= 11 is 5.93. The van der Waals surface area contributed by atoms with E-state index < -0.39 is 11.6 Å². The van der Waals surface area contributed by atoms with Crippen molar-refractivity contribution in [3.8, 4) is 11.5 Å². The van der Waals surface area contributed by atoms with Crippen LogP contribution in [-0.2, 0) is 16.1 Å². The predicted octanol–water partition coefficient (Wildman–Crippen LogP) is 3.27. The molecule has 0 bridgehead atoms. The molecule has 1 aromatic heterocycles. The minimum atomic E-state index is -0.611. The summed E-state index contributed by atoms with van der Waals surface area (Å²) in [6.45, 7) is -0.443. The van der Waals surface area contributed by atoms with Crippen molar-refractivity contribution >= 4 is 28.5 Å². The van der Waals surface area contributed by atoms with Gasteiger partial charge in [0.25, 0.3) is 0 Å². The fourth-order valence-corrected chi connectivity index (χ4v) is 2.43. The summed E-state index contributed by atoms with van der Waals surface area (Å²) in [4.78, 5) is 23.4. The highest BCUT2D eigenvalue weighted by molar-refractivity contribution is 6.32. The summed E-state index contributed by atoms with van der Waals surface area (Å²) in [5, 5.41) is 10.4. The average Bonchev–Trinajstić information content (AvgIpc) is 2.58. The first kappa shape index (κ1) is 16.9. The quantitative estimate of drug-likeness (QED) is 0.555. The summed E-state index contributed by atoms with van der Waals surface area (Å²) in [6, 6.07) is 12.4. The molecule has 0 aliphatic rings. The largest absolute Gasteiger partial charge is 0.508 e. The molecule has 128 valence electrons. The van der Waals surface area contributed by atoms with Gasteiger partial charge >= 0.3 is 11.6 Å². The number of aromatic hydroxyl groups is 1.